The summed E-state index contributed by atoms with van der Waals surface area (Å²) in [7, 11) is 0. The van der Waals surface area contributed by atoms with Crippen LogP contribution in [0.3, 0.4) is 0 Å². The Morgan fingerprint density at radius 2 is 1.67 bits per heavy atom. The third kappa shape index (κ3) is 8.94. The Morgan fingerprint density at radius 3 is 2.33 bits per heavy atom. The molecule has 3 aromatic heterocycles. The number of carbonyl (C=O) groups excluding carboxylic acids is 3. The molecule has 0 saturated carbocycles. The van der Waals surface area contributed by atoms with E-state index in [4.69, 9.17) is 19.4 Å². The van der Waals surface area contributed by atoms with Crippen molar-refractivity contribution in [1.82, 2.24) is 40.5 Å². The summed E-state index contributed by atoms with van der Waals surface area (Å²) in [6, 6.07) is 22.6. The molecular weight excluding hydrogens is 761 g/mol. The molecule has 0 unspecified atom stereocenters. The van der Waals surface area contributed by atoms with Crippen molar-refractivity contribution in [2.24, 2.45) is 0 Å². The van der Waals surface area contributed by atoms with Crippen molar-refractivity contribution in [3.8, 4) is 0 Å². The van der Waals surface area contributed by atoms with Crippen molar-refractivity contribution in [1.29, 1.82) is 0 Å². The molecule has 0 bridgehead atoms. The summed E-state index contributed by atoms with van der Waals surface area (Å²) in [5.74, 6) is -3.08. The Labute approximate surface area is 330 Å². The fourth-order valence-electron chi connectivity index (χ4n) is 7.02. The summed E-state index contributed by atoms with van der Waals surface area (Å²) < 4.78 is 52.3. The number of halogens is 3. The number of pyridine rings is 1. The van der Waals surface area contributed by atoms with E-state index in [2.05, 4.69) is 31.2 Å². The molecular formula is C39H41F3N10O6. The molecule has 16 nitrogen and oxygen atoms in total. The Bertz CT molecular complexity index is 2160. The second-order valence-electron chi connectivity index (χ2n) is 13.8. The average molecular weight is 803 g/mol. The van der Waals surface area contributed by atoms with Crippen LogP contribution in [0.25, 0.3) is 11.2 Å². The van der Waals surface area contributed by atoms with Crippen molar-refractivity contribution in [2.45, 2.75) is 62.6 Å². The summed E-state index contributed by atoms with van der Waals surface area (Å²) in [5.41, 5.74) is 3.16. The molecule has 5 N–H and O–H groups in total. The number of aliphatic hydroxyl groups is 1. The van der Waals surface area contributed by atoms with Crippen LogP contribution >= 0.6 is 0 Å². The summed E-state index contributed by atoms with van der Waals surface area (Å²) in [4.78, 5) is 57.8. The van der Waals surface area contributed by atoms with Crippen LogP contribution in [0.15, 0.2) is 91.5 Å². The number of carbonyl (C=O) groups is 3. The largest absolute Gasteiger partial charge is 0.490 e. The summed E-state index contributed by atoms with van der Waals surface area (Å²) in [6.45, 7) is 3.11. The van der Waals surface area contributed by atoms with Crippen LogP contribution in [0.5, 0.6) is 0 Å². The Hall–Kier alpha value is -6.34. The van der Waals surface area contributed by atoms with Gasteiger partial charge in [-0.25, -0.2) is 14.6 Å². The zero-order chi connectivity index (χ0) is 40.8. The van der Waals surface area contributed by atoms with Gasteiger partial charge in [-0.3, -0.25) is 14.3 Å². The van der Waals surface area contributed by atoms with Gasteiger partial charge in [-0.2, -0.15) is 23.1 Å². The van der Waals surface area contributed by atoms with E-state index in [0.717, 1.165) is 16.7 Å². The smallest absolute Gasteiger partial charge is 0.448 e. The molecule has 0 radical (unpaired) electrons. The zero-order valence-corrected chi connectivity index (χ0v) is 31.2. The zero-order valence-electron chi connectivity index (χ0n) is 31.2. The average Bonchev–Trinajstić information content (AvgIpc) is 3.95. The van der Waals surface area contributed by atoms with Gasteiger partial charge in [-0.1, -0.05) is 60.7 Å². The van der Waals surface area contributed by atoms with Gasteiger partial charge in [-0.05, 0) is 42.2 Å². The number of esters is 1. The van der Waals surface area contributed by atoms with Gasteiger partial charge in [-0.15, -0.1) is 0 Å². The van der Waals surface area contributed by atoms with Crippen LogP contribution in [-0.2, 0) is 25.6 Å². The Morgan fingerprint density at radius 1 is 0.983 bits per heavy atom. The van der Waals surface area contributed by atoms with Gasteiger partial charge in [0.05, 0.1) is 6.33 Å². The Kier molecular flexibility index (Phi) is 12.0. The fourth-order valence-corrected chi connectivity index (χ4v) is 7.02. The first kappa shape index (κ1) is 39.9. The number of hydrogen-bond donors (Lipinski definition) is 5. The molecule has 19 heteroatoms. The second kappa shape index (κ2) is 17.4. The highest BCUT2D eigenvalue weighted by atomic mass is 19.4. The first-order chi connectivity index (χ1) is 28.0. The van der Waals surface area contributed by atoms with E-state index >= 15 is 0 Å². The lowest BCUT2D eigenvalue weighted by Crippen LogP contribution is -2.44. The van der Waals surface area contributed by atoms with Crippen LogP contribution in [0, 0.1) is 0 Å². The molecule has 2 aromatic carbocycles. The van der Waals surface area contributed by atoms with E-state index in [9.17, 15) is 32.7 Å². The number of benzene rings is 2. The minimum atomic E-state index is -5.40. The van der Waals surface area contributed by atoms with Gasteiger partial charge >= 0.3 is 18.2 Å². The van der Waals surface area contributed by atoms with Gasteiger partial charge in [0.15, 0.2) is 35.4 Å². The summed E-state index contributed by atoms with van der Waals surface area (Å²) >= 11 is 0. The molecule has 7 rings (SSSR count). The molecule has 304 valence electrons. The maximum Gasteiger partial charge on any atom is 0.490 e. The minimum absolute atomic E-state index is 0.0526. The number of likely N-dealkylation sites (N-methyl/N-ethyl adjacent to an activating group) is 1. The number of ether oxygens (including phenoxy) is 2. The predicted molar refractivity (Wildman–Crippen MR) is 203 cm³/mol. The van der Waals surface area contributed by atoms with Crippen LogP contribution in [0.1, 0.15) is 42.2 Å². The quantitative estimate of drug-likeness (QED) is 0.109. The van der Waals surface area contributed by atoms with Crippen molar-refractivity contribution in [3.63, 3.8) is 0 Å². The van der Waals surface area contributed by atoms with E-state index in [1.165, 1.54) is 10.9 Å². The Balaban J connectivity index is 1.22. The number of amides is 3. The topological polar surface area (TPSA) is 198 Å². The molecule has 5 heterocycles. The van der Waals surface area contributed by atoms with Crippen LogP contribution < -0.4 is 26.2 Å². The SMILES string of the molecule is CCNC(=O)[C@H]1O[C@@H](n2cnc3c(NCC(c4ccccc4)c4ccccc4)nc(N4CC[C@@H](NC(=O)NCc5ccncc5)C4)nc32)[C@H](OC(=O)C(F)(F)F)[C@@H]1O. The highest BCUT2D eigenvalue weighted by Crippen LogP contribution is 2.37. The monoisotopic (exact) mass is 802 g/mol. The van der Waals surface area contributed by atoms with Gasteiger partial charge in [0.25, 0.3) is 5.91 Å². The normalized spacial score (nSPS) is 20.6. The molecule has 3 amide bonds. The number of imidazole rings is 1. The van der Waals surface area contributed by atoms with Crippen LogP contribution in [0.2, 0.25) is 0 Å². The molecule has 2 aliphatic rings. The number of aromatic nitrogens is 5. The lowest BCUT2D eigenvalue weighted by Gasteiger charge is -2.23. The molecule has 5 atom stereocenters. The molecule has 5 aromatic rings. The van der Waals surface area contributed by atoms with Gasteiger partial charge in [0, 0.05) is 57.1 Å². The molecule has 0 spiro atoms. The van der Waals surface area contributed by atoms with Gasteiger partial charge in [0.2, 0.25) is 5.95 Å². The highest BCUT2D eigenvalue weighted by Gasteiger charge is 2.54. The number of urea groups is 1. The van der Waals surface area contributed by atoms with E-state index in [1.54, 1.807) is 31.5 Å². The predicted octanol–water partition coefficient (Wildman–Crippen LogP) is 3.41. The van der Waals surface area contributed by atoms with Crippen molar-refractivity contribution >= 4 is 40.8 Å². The fraction of sp³-hybridized carbons (Fsp3) is 0.359. The number of rotatable bonds is 13. The molecule has 2 aliphatic heterocycles. The molecule has 2 fully saturated rings. The van der Waals surface area contributed by atoms with Crippen LogP contribution in [0.4, 0.5) is 29.7 Å². The van der Waals surface area contributed by atoms with E-state index < -0.39 is 42.6 Å². The van der Waals surface area contributed by atoms with Crippen molar-refractivity contribution in [2.75, 3.05) is 36.4 Å². The second-order valence-corrected chi connectivity index (χ2v) is 13.8. The standard InChI is InChI=1S/C39H41F3N10O6/c1-2-44-34(54)30-29(53)31(58-36(55)39(40,41)42)35(57-30)52-22-47-28-32(45-20-27(24-9-5-3-6-10-24)25-11-7-4-8-12-25)49-37(50-33(28)52)51-18-15-26(21-51)48-38(56)46-19-23-13-16-43-17-14-23/h3-14,16-17,22,26-27,29-31,35,53H,2,15,18-21H2,1H3,(H,44,54)(H,45,49,50)(H2,46,48,56)/t26-,29-,30+,31-,35-/m1/s1. The molecule has 58 heavy (non-hydrogen) atoms. The van der Waals surface area contributed by atoms with E-state index in [0.29, 0.717) is 32.6 Å². The van der Waals surface area contributed by atoms with E-state index in [-0.39, 0.29) is 47.5 Å². The summed E-state index contributed by atoms with van der Waals surface area (Å²) in [6.07, 6.45) is -7.69. The number of fused-ring (bicyclic) bond motifs is 1. The summed E-state index contributed by atoms with van der Waals surface area (Å²) in [5, 5.41) is 22.8. The van der Waals surface area contributed by atoms with Crippen LogP contribution in [-0.4, -0.2) is 104 Å². The number of anilines is 2. The van der Waals surface area contributed by atoms with E-state index in [1.807, 2.05) is 65.6 Å². The maximum absolute atomic E-state index is 13.5. The number of nitrogens with one attached hydrogen (secondary N) is 4. The lowest BCUT2D eigenvalue weighted by molar-refractivity contribution is -0.211. The number of alkyl halides is 3. The van der Waals surface area contributed by atoms with Crippen molar-refractivity contribution < 1.29 is 42.1 Å². The number of hydrogen-bond acceptors (Lipinski definition) is 12. The molecule has 2 saturated heterocycles. The first-order valence-electron chi connectivity index (χ1n) is 18.7. The molecule has 0 aliphatic carbocycles. The third-order valence-electron chi connectivity index (χ3n) is 9.87. The maximum atomic E-state index is 13.5. The minimum Gasteiger partial charge on any atom is -0.448 e. The lowest BCUT2D eigenvalue weighted by atomic mass is 9.91. The third-order valence-corrected chi connectivity index (χ3v) is 9.87. The number of nitrogens with zero attached hydrogens (tertiary/aromatic N) is 6. The number of aliphatic hydroxyl groups excluding tert-OH is 1. The highest BCUT2D eigenvalue weighted by molar-refractivity contribution is 5.85. The van der Waals surface area contributed by atoms with Gasteiger partial charge in [0.1, 0.15) is 6.10 Å². The first-order valence-corrected chi connectivity index (χ1v) is 18.7. The van der Waals surface area contributed by atoms with Gasteiger partial charge < -0.3 is 40.7 Å². The van der Waals surface area contributed by atoms with Crippen molar-refractivity contribution in [3.05, 3.63) is 108 Å².